The van der Waals surface area contributed by atoms with Gasteiger partial charge in [0, 0.05) is 18.7 Å². The number of carbonyl (C=O) groups excluding carboxylic acids is 1. The van der Waals surface area contributed by atoms with Crippen molar-refractivity contribution in [2.75, 3.05) is 19.9 Å². The number of amides is 1. The molecule has 2 rings (SSSR count). The van der Waals surface area contributed by atoms with E-state index < -0.39 is 0 Å². The van der Waals surface area contributed by atoms with Crippen molar-refractivity contribution in [3.8, 4) is 11.5 Å². The highest BCUT2D eigenvalue weighted by Gasteiger charge is 2.15. The summed E-state index contributed by atoms with van der Waals surface area (Å²) in [5, 5.41) is 2.68. The Morgan fingerprint density at radius 2 is 2.20 bits per heavy atom. The van der Waals surface area contributed by atoms with Crippen molar-refractivity contribution in [1.82, 2.24) is 5.32 Å². The molecule has 5 nitrogen and oxygen atoms in total. The summed E-state index contributed by atoms with van der Waals surface area (Å²) in [7, 11) is 0. The first-order valence-electron chi connectivity index (χ1n) is 4.69. The fourth-order valence-electron chi connectivity index (χ4n) is 1.33. The molecule has 1 aliphatic rings. The van der Waals surface area contributed by atoms with Crippen molar-refractivity contribution in [3.63, 3.8) is 0 Å². The summed E-state index contributed by atoms with van der Waals surface area (Å²) in [6, 6.07) is 5.08. The second kappa shape index (κ2) is 4.18. The van der Waals surface area contributed by atoms with E-state index in [1.807, 2.05) is 0 Å². The molecule has 80 valence electrons. The largest absolute Gasteiger partial charge is 0.454 e. The quantitative estimate of drug-likeness (QED) is 0.739. The Kier molecular flexibility index (Phi) is 2.73. The molecular weight excluding hydrogens is 196 g/mol. The van der Waals surface area contributed by atoms with Gasteiger partial charge in [-0.15, -0.1) is 0 Å². The Hall–Kier alpha value is -1.75. The molecule has 0 unspecified atom stereocenters. The van der Waals surface area contributed by atoms with E-state index in [4.69, 9.17) is 15.2 Å². The number of rotatable bonds is 3. The zero-order chi connectivity index (χ0) is 10.7. The third-order valence-corrected chi connectivity index (χ3v) is 2.06. The molecule has 15 heavy (non-hydrogen) atoms. The maximum Gasteiger partial charge on any atom is 0.251 e. The number of nitrogens with two attached hydrogens (primary N) is 1. The zero-order valence-corrected chi connectivity index (χ0v) is 8.16. The fraction of sp³-hybridized carbons (Fsp3) is 0.300. The summed E-state index contributed by atoms with van der Waals surface area (Å²) in [6.07, 6.45) is 0. The molecule has 0 saturated heterocycles. The number of ether oxygens (including phenoxy) is 2. The Bertz CT molecular complexity index is 379. The van der Waals surface area contributed by atoms with Crippen molar-refractivity contribution in [2.24, 2.45) is 5.73 Å². The molecule has 1 aromatic carbocycles. The van der Waals surface area contributed by atoms with Crippen molar-refractivity contribution in [1.29, 1.82) is 0 Å². The predicted molar refractivity (Wildman–Crippen MR) is 54.0 cm³/mol. The molecule has 1 aliphatic heterocycles. The first kappa shape index (κ1) is 9.79. The van der Waals surface area contributed by atoms with E-state index in [9.17, 15) is 4.79 Å². The minimum absolute atomic E-state index is 0.154. The highest BCUT2D eigenvalue weighted by atomic mass is 16.7. The standard InChI is InChI=1S/C10H12N2O3/c11-3-4-12-10(13)7-1-2-8-9(5-7)15-6-14-8/h1-2,5H,3-4,6,11H2,(H,12,13). The molecule has 0 aromatic heterocycles. The van der Waals surface area contributed by atoms with E-state index in [-0.39, 0.29) is 12.7 Å². The van der Waals surface area contributed by atoms with Crippen LogP contribution in [0.15, 0.2) is 18.2 Å². The predicted octanol–water partition coefficient (Wildman–Crippen LogP) is 0.104. The molecule has 0 saturated carbocycles. The van der Waals surface area contributed by atoms with Gasteiger partial charge in [-0.3, -0.25) is 4.79 Å². The Morgan fingerprint density at radius 1 is 1.40 bits per heavy atom. The number of benzene rings is 1. The van der Waals surface area contributed by atoms with Crippen LogP contribution in [0.2, 0.25) is 0 Å². The van der Waals surface area contributed by atoms with Gasteiger partial charge in [-0.2, -0.15) is 0 Å². The second-order valence-electron chi connectivity index (χ2n) is 3.11. The second-order valence-corrected chi connectivity index (χ2v) is 3.11. The maximum atomic E-state index is 11.5. The topological polar surface area (TPSA) is 73.6 Å². The first-order chi connectivity index (χ1) is 7.31. The van der Waals surface area contributed by atoms with Crippen molar-refractivity contribution in [2.45, 2.75) is 0 Å². The zero-order valence-electron chi connectivity index (χ0n) is 8.16. The van der Waals surface area contributed by atoms with Crippen LogP contribution in [0.4, 0.5) is 0 Å². The van der Waals surface area contributed by atoms with E-state index >= 15 is 0 Å². The van der Waals surface area contributed by atoms with Gasteiger partial charge in [-0.1, -0.05) is 0 Å². The van der Waals surface area contributed by atoms with Gasteiger partial charge in [-0.05, 0) is 18.2 Å². The monoisotopic (exact) mass is 208 g/mol. The SMILES string of the molecule is NCCNC(=O)c1ccc2c(c1)OCO2. The van der Waals surface area contributed by atoms with Gasteiger partial charge in [0.1, 0.15) is 0 Å². The van der Waals surface area contributed by atoms with Crippen LogP contribution >= 0.6 is 0 Å². The van der Waals surface area contributed by atoms with E-state index in [0.29, 0.717) is 30.2 Å². The molecule has 0 spiro atoms. The fourth-order valence-corrected chi connectivity index (χ4v) is 1.33. The average Bonchev–Trinajstić information content (AvgIpc) is 2.72. The Labute approximate surface area is 87.2 Å². The molecular formula is C10H12N2O3. The molecule has 0 fully saturated rings. The normalized spacial score (nSPS) is 12.6. The number of carbonyl (C=O) groups is 1. The van der Waals surface area contributed by atoms with Crippen LogP contribution in [-0.2, 0) is 0 Å². The van der Waals surface area contributed by atoms with E-state index in [1.165, 1.54) is 0 Å². The van der Waals surface area contributed by atoms with Crippen LogP contribution in [0, 0.1) is 0 Å². The van der Waals surface area contributed by atoms with Crippen LogP contribution in [-0.4, -0.2) is 25.8 Å². The van der Waals surface area contributed by atoms with Crippen molar-refractivity contribution in [3.05, 3.63) is 23.8 Å². The van der Waals surface area contributed by atoms with Crippen molar-refractivity contribution >= 4 is 5.91 Å². The number of fused-ring (bicyclic) bond motifs is 1. The maximum absolute atomic E-state index is 11.5. The van der Waals surface area contributed by atoms with Gasteiger partial charge in [0.2, 0.25) is 6.79 Å². The highest BCUT2D eigenvalue weighted by Crippen LogP contribution is 2.32. The van der Waals surface area contributed by atoms with Crippen LogP contribution in [0.3, 0.4) is 0 Å². The lowest BCUT2D eigenvalue weighted by molar-refractivity contribution is 0.0954. The van der Waals surface area contributed by atoms with Crippen LogP contribution in [0.25, 0.3) is 0 Å². The average molecular weight is 208 g/mol. The van der Waals surface area contributed by atoms with E-state index in [1.54, 1.807) is 18.2 Å². The lowest BCUT2D eigenvalue weighted by Crippen LogP contribution is -2.28. The molecule has 1 aromatic rings. The molecule has 1 heterocycles. The van der Waals surface area contributed by atoms with E-state index in [0.717, 1.165) is 0 Å². The van der Waals surface area contributed by atoms with Gasteiger partial charge in [0.15, 0.2) is 11.5 Å². The third kappa shape index (κ3) is 2.02. The van der Waals surface area contributed by atoms with Crippen LogP contribution in [0.5, 0.6) is 11.5 Å². The Balaban J connectivity index is 2.12. The van der Waals surface area contributed by atoms with Crippen molar-refractivity contribution < 1.29 is 14.3 Å². The third-order valence-electron chi connectivity index (χ3n) is 2.06. The number of hydrogen-bond acceptors (Lipinski definition) is 4. The van der Waals surface area contributed by atoms with Gasteiger partial charge in [0.05, 0.1) is 0 Å². The molecule has 0 radical (unpaired) electrons. The first-order valence-corrected chi connectivity index (χ1v) is 4.69. The molecule has 5 heteroatoms. The van der Waals surface area contributed by atoms with Crippen LogP contribution in [0.1, 0.15) is 10.4 Å². The summed E-state index contributed by atoms with van der Waals surface area (Å²) in [5.74, 6) is 1.12. The molecule has 0 aliphatic carbocycles. The van der Waals surface area contributed by atoms with Gasteiger partial charge in [0.25, 0.3) is 5.91 Å². The summed E-state index contributed by atoms with van der Waals surface area (Å²) in [5.41, 5.74) is 5.83. The van der Waals surface area contributed by atoms with E-state index in [2.05, 4.69) is 5.32 Å². The lowest BCUT2D eigenvalue weighted by Gasteiger charge is -2.03. The summed E-state index contributed by atoms with van der Waals surface area (Å²) in [6.45, 7) is 1.10. The smallest absolute Gasteiger partial charge is 0.251 e. The lowest BCUT2D eigenvalue weighted by atomic mass is 10.2. The molecule has 0 atom stereocenters. The number of nitrogens with one attached hydrogen (secondary N) is 1. The molecule has 0 bridgehead atoms. The molecule has 3 N–H and O–H groups in total. The summed E-state index contributed by atoms with van der Waals surface area (Å²) >= 11 is 0. The molecule has 1 amide bonds. The minimum atomic E-state index is -0.154. The summed E-state index contributed by atoms with van der Waals surface area (Å²) in [4.78, 5) is 11.5. The summed E-state index contributed by atoms with van der Waals surface area (Å²) < 4.78 is 10.3. The van der Waals surface area contributed by atoms with Gasteiger partial charge >= 0.3 is 0 Å². The minimum Gasteiger partial charge on any atom is -0.454 e. The van der Waals surface area contributed by atoms with Crippen LogP contribution < -0.4 is 20.5 Å². The van der Waals surface area contributed by atoms with Gasteiger partial charge < -0.3 is 20.5 Å². The van der Waals surface area contributed by atoms with Gasteiger partial charge in [-0.25, -0.2) is 0 Å². The Morgan fingerprint density at radius 3 is 3.00 bits per heavy atom. The highest BCUT2D eigenvalue weighted by molar-refractivity contribution is 5.94. The number of hydrogen-bond donors (Lipinski definition) is 2.